The van der Waals surface area contributed by atoms with Crippen LogP contribution in [0.2, 0.25) is 0 Å². The maximum absolute atomic E-state index is 13.5. The van der Waals surface area contributed by atoms with E-state index >= 15 is 0 Å². The lowest BCUT2D eigenvalue weighted by atomic mass is 9.85. The van der Waals surface area contributed by atoms with E-state index in [1.807, 2.05) is 18.2 Å². The summed E-state index contributed by atoms with van der Waals surface area (Å²) >= 11 is 3.55. The van der Waals surface area contributed by atoms with Gasteiger partial charge in [-0.25, -0.2) is 4.98 Å². The van der Waals surface area contributed by atoms with Crippen LogP contribution in [0.5, 0.6) is 0 Å². The van der Waals surface area contributed by atoms with Gasteiger partial charge in [0.2, 0.25) is 11.9 Å². The molecule has 0 bridgehead atoms. The zero-order valence-corrected chi connectivity index (χ0v) is 21.8. The summed E-state index contributed by atoms with van der Waals surface area (Å²) in [6.45, 7) is 4.45. The van der Waals surface area contributed by atoms with Crippen LogP contribution in [-0.2, 0) is 11.0 Å². The summed E-state index contributed by atoms with van der Waals surface area (Å²) in [6.07, 6.45) is -0.454. The number of halogens is 4. The molecule has 2 aromatic rings. The molecule has 1 amide bonds. The number of piperazine rings is 1. The average Bonchev–Trinajstić information content (AvgIpc) is 2.79. The molecule has 196 valence electrons. The molecule has 8 nitrogen and oxygen atoms in total. The zero-order valence-electron chi connectivity index (χ0n) is 20.2. The number of likely N-dealkylation sites (N-methyl/N-ethyl adjacent to an activating group) is 1. The summed E-state index contributed by atoms with van der Waals surface area (Å²) in [5.41, 5.74) is 0.786. The molecule has 2 heterocycles. The van der Waals surface area contributed by atoms with Crippen LogP contribution in [-0.4, -0.2) is 67.1 Å². The van der Waals surface area contributed by atoms with Gasteiger partial charge >= 0.3 is 6.18 Å². The molecule has 3 N–H and O–H groups in total. The van der Waals surface area contributed by atoms with Gasteiger partial charge in [0, 0.05) is 61.5 Å². The minimum absolute atomic E-state index is 0.0231. The lowest BCUT2D eigenvalue weighted by Gasteiger charge is -2.34. The fourth-order valence-electron chi connectivity index (χ4n) is 4.09. The summed E-state index contributed by atoms with van der Waals surface area (Å²) in [7, 11) is 2.10. The van der Waals surface area contributed by atoms with Gasteiger partial charge in [-0.15, -0.1) is 0 Å². The molecule has 1 aliphatic heterocycles. The first-order valence-electron chi connectivity index (χ1n) is 12.2. The van der Waals surface area contributed by atoms with E-state index in [0.717, 1.165) is 61.8 Å². The molecular weight excluding hydrogens is 539 g/mol. The van der Waals surface area contributed by atoms with E-state index in [-0.39, 0.29) is 30.1 Å². The Balaban J connectivity index is 1.38. The second-order valence-electron chi connectivity index (χ2n) is 9.23. The molecule has 1 saturated carbocycles. The Morgan fingerprint density at radius 1 is 1.17 bits per heavy atom. The van der Waals surface area contributed by atoms with Gasteiger partial charge in [-0.1, -0.05) is 6.42 Å². The van der Waals surface area contributed by atoms with E-state index in [2.05, 4.69) is 58.7 Å². The fraction of sp³-hybridized carbons (Fsp3) is 0.542. The Labute approximate surface area is 217 Å². The minimum atomic E-state index is -4.59. The van der Waals surface area contributed by atoms with Crippen LogP contribution >= 0.6 is 15.9 Å². The van der Waals surface area contributed by atoms with Crippen molar-refractivity contribution in [2.75, 3.05) is 61.8 Å². The highest BCUT2D eigenvalue weighted by Gasteiger charge is 2.35. The lowest BCUT2D eigenvalue weighted by molar-refractivity contribution is -0.137. The number of aromatic nitrogens is 2. The molecule has 36 heavy (non-hydrogen) atoms. The number of hydrogen-bond donors (Lipinski definition) is 3. The first-order chi connectivity index (χ1) is 17.2. The molecule has 1 aromatic heterocycles. The van der Waals surface area contributed by atoms with Crippen LogP contribution in [0.3, 0.4) is 0 Å². The molecule has 1 saturated heterocycles. The van der Waals surface area contributed by atoms with Crippen LogP contribution < -0.4 is 20.9 Å². The smallest absolute Gasteiger partial charge is 0.369 e. The second kappa shape index (κ2) is 11.6. The molecule has 12 heteroatoms. The predicted molar refractivity (Wildman–Crippen MR) is 138 cm³/mol. The van der Waals surface area contributed by atoms with Gasteiger partial charge < -0.3 is 25.8 Å². The lowest BCUT2D eigenvalue weighted by Crippen LogP contribution is -2.44. The van der Waals surface area contributed by atoms with Gasteiger partial charge in [0.15, 0.2) is 0 Å². The van der Waals surface area contributed by atoms with Crippen molar-refractivity contribution in [3.63, 3.8) is 0 Å². The number of anilines is 4. The SMILES string of the molecule is CN1CCN(c2ccc(Nc3ncc(C(F)(F)F)c(NCCCNC(=O)C4CCC4)n3)c(Br)c2)CC1. The van der Waals surface area contributed by atoms with E-state index < -0.39 is 11.7 Å². The number of hydrogen-bond acceptors (Lipinski definition) is 7. The maximum Gasteiger partial charge on any atom is 0.421 e. The highest BCUT2D eigenvalue weighted by atomic mass is 79.9. The molecular formula is C24H31BrF3N7O. The van der Waals surface area contributed by atoms with Crippen LogP contribution in [0.15, 0.2) is 28.9 Å². The Hall–Kier alpha value is -2.60. The normalized spacial score (nSPS) is 17.0. The summed E-state index contributed by atoms with van der Waals surface area (Å²) in [6, 6.07) is 5.81. The van der Waals surface area contributed by atoms with E-state index in [1.54, 1.807) is 0 Å². The van der Waals surface area contributed by atoms with Crippen molar-refractivity contribution in [2.45, 2.75) is 31.9 Å². The van der Waals surface area contributed by atoms with Crippen LogP contribution in [0.4, 0.5) is 36.3 Å². The summed E-state index contributed by atoms with van der Waals surface area (Å²) < 4.78 is 41.3. The zero-order chi connectivity index (χ0) is 25.7. The van der Waals surface area contributed by atoms with E-state index in [9.17, 15) is 18.0 Å². The topological polar surface area (TPSA) is 85.4 Å². The van der Waals surface area contributed by atoms with Gasteiger partial charge in [-0.05, 0) is 60.4 Å². The van der Waals surface area contributed by atoms with Gasteiger partial charge in [-0.3, -0.25) is 4.79 Å². The minimum Gasteiger partial charge on any atom is -0.369 e. The molecule has 1 aromatic carbocycles. The highest BCUT2D eigenvalue weighted by molar-refractivity contribution is 9.10. The summed E-state index contributed by atoms with van der Waals surface area (Å²) in [5, 5.41) is 8.61. The van der Waals surface area contributed by atoms with E-state index in [1.165, 1.54) is 0 Å². The molecule has 0 radical (unpaired) electrons. The Bertz CT molecular complexity index is 1060. The molecule has 2 fully saturated rings. The Morgan fingerprint density at radius 2 is 1.92 bits per heavy atom. The van der Waals surface area contributed by atoms with E-state index in [0.29, 0.717) is 18.7 Å². The highest BCUT2D eigenvalue weighted by Crippen LogP contribution is 2.35. The molecule has 4 rings (SSSR count). The van der Waals surface area contributed by atoms with Crippen LogP contribution in [0.1, 0.15) is 31.2 Å². The quantitative estimate of drug-likeness (QED) is 0.384. The fourth-order valence-corrected chi connectivity index (χ4v) is 4.56. The molecule has 0 spiro atoms. The Kier molecular flexibility index (Phi) is 8.55. The van der Waals surface area contributed by atoms with Gasteiger partial charge in [-0.2, -0.15) is 18.2 Å². The summed E-state index contributed by atoms with van der Waals surface area (Å²) in [4.78, 5) is 24.5. The monoisotopic (exact) mass is 569 g/mol. The number of nitrogens with zero attached hydrogens (tertiary/aromatic N) is 4. The number of nitrogens with one attached hydrogen (secondary N) is 3. The van der Waals surface area contributed by atoms with Crippen molar-refractivity contribution in [1.29, 1.82) is 0 Å². The van der Waals surface area contributed by atoms with Gasteiger partial charge in [0.1, 0.15) is 11.4 Å². The third kappa shape index (κ3) is 6.78. The second-order valence-corrected chi connectivity index (χ2v) is 10.1. The van der Waals surface area contributed by atoms with Crippen LogP contribution in [0, 0.1) is 5.92 Å². The number of alkyl halides is 3. The Morgan fingerprint density at radius 3 is 2.56 bits per heavy atom. The molecule has 0 unspecified atom stereocenters. The number of carbonyl (C=O) groups excluding carboxylic acids is 1. The average molecular weight is 570 g/mol. The molecule has 2 aliphatic rings. The standard InChI is InChI=1S/C24H31BrF3N7O/c1-34-10-12-35(13-11-34)17-6-7-20(19(25)14-17)32-23-31-15-18(24(26,27)28)21(33-23)29-8-3-9-30-22(36)16-4-2-5-16/h6-7,14-16H,2-5,8-13H2,1H3,(H,30,36)(H2,29,31,32,33). The number of rotatable bonds is 9. The van der Waals surface area contributed by atoms with Crippen molar-refractivity contribution < 1.29 is 18.0 Å². The predicted octanol–water partition coefficient (Wildman–Crippen LogP) is 4.47. The van der Waals surface area contributed by atoms with Crippen molar-refractivity contribution in [2.24, 2.45) is 5.92 Å². The molecule has 0 atom stereocenters. The number of amides is 1. The van der Waals surface area contributed by atoms with Crippen molar-refractivity contribution in [3.05, 3.63) is 34.4 Å². The van der Waals surface area contributed by atoms with E-state index in [4.69, 9.17) is 0 Å². The summed E-state index contributed by atoms with van der Waals surface area (Å²) in [5.74, 6) is -0.137. The number of benzene rings is 1. The van der Waals surface area contributed by atoms with Gasteiger partial charge in [0.05, 0.1) is 5.69 Å². The molecule has 1 aliphatic carbocycles. The largest absolute Gasteiger partial charge is 0.421 e. The first-order valence-corrected chi connectivity index (χ1v) is 13.0. The van der Waals surface area contributed by atoms with Gasteiger partial charge in [0.25, 0.3) is 0 Å². The van der Waals surface area contributed by atoms with Crippen LogP contribution in [0.25, 0.3) is 0 Å². The third-order valence-corrected chi connectivity index (χ3v) is 7.24. The van der Waals surface area contributed by atoms with Crippen molar-refractivity contribution >= 4 is 45.0 Å². The maximum atomic E-state index is 13.5. The van der Waals surface area contributed by atoms with Crippen molar-refractivity contribution in [1.82, 2.24) is 20.2 Å². The first kappa shape index (κ1) is 26.5. The number of carbonyl (C=O) groups is 1. The third-order valence-electron chi connectivity index (χ3n) is 6.58. The van der Waals surface area contributed by atoms with Crippen molar-refractivity contribution in [3.8, 4) is 0 Å².